The van der Waals surface area contributed by atoms with Gasteiger partial charge in [0.25, 0.3) is 5.91 Å². The van der Waals surface area contributed by atoms with Crippen LogP contribution in [0.4, 0.5) is 0 Å². The van der Waals surface area contributed by atoms with Crippen LogP contribution in [0.3, 0.4) is 0 Å². The van der Waals surface area contributed by atoms with Crippen LogP contribution in [0.1, 0.15) is 37.2 Å². The van der Waals surface area contributed by atoms with Crippen LogP contribution in [-0.2, 0) is 0 Å². The summed E-state index contributed by atoms with van der Waals surface area (Å²) in [6.45, 7) is 7.36. The van der Waals surface area contributed by atoms with Crippen LogP contribution in [0.5, 0.6) is 0 Å². The summed E-state index contributed by atoms with van der Waals surface area (Å²) in [4.78, 5) is 14.7. The topological polar surface area (TPSA) is 74.2 Å². The second kappa shape index (κ2) is 7.00. The number of amides is 1. The lowest BCUT2D eigenvalue weighted by Gasteiger charge is -2.35. The van der Waals surface area contributed by atoms with Crippen LogP contribution in [0.25, 0.3) is 11.5 Å². The van der Waals surface area contributed by atoms with E-state index in [0.717, 1.165) is 13.1 Å². The van der Waals surface area contributed by atoms with Gasteiger partial charge in [-0.05, 0) is 51.3 Å². The van der Waals surface area contributed by atoms with Crippen LogP contribution < -0.4 is 5.32 Å². The Labute approximate surface area is 136 Å². The van der Waals surface area contributed by atoms with E-state index in [4.69, 9.17) is 4.42 Å². The van der Waals surface area contributed by atoms with Gasteiger partial charge < -0.3 is 14.6 Å². The van der Waals surface area contributed by atoms with Crippen molar-refractivity contribution in [1.82, 2.24) is 20.4 Å². The van der Waals surface area contributed by atoms with E-state index in [-0.39, 0.29) is 5.91 Å². The molecule has 1 aliphatic heterocycles. The number of carbonyl (C=O) groups excluding carboxylic acids is 1. The fourth-order valence-corrected chi connectivity index (χ4v) is 3.06. The lowest BCUT2D eigenvalue weighted by Crippen LogP contribution is -2.43. The molecule has 0 radical (unpaired) electrons. The number of aromatic amines is 1. The second-order valence-corrected chi connectivity index (χ2v) is 6.45. The van der Waals surface area contributed by atoms with Crippen molar-refractivity contribution in [1.29, 1.82) is 0 Å². The first kappa shape index (κ1) is 15.8. The molecule has 1 aliphatic rings. The summed E-state index contributed by atoms with van der Waals surface area (Å²) in [6, 6.07) is 5.92. The number of aromatic nitrogens is 2. The van der Waals surface area contributed by atoms with Crippen LogP contribution in [0.15, 0.2) is 28.9 Å². The summed E-state index contributed by atoms with van der Waals surface area (Å²) in [5.74, 6) is 1.05. The van der Waals surface area contributed by atoms with Crippen LogP contribution in [0.2, 0.25) is 0 Å². The second-order valence-electron chi connectivity index (χ2n) is 6.45. The van der Waals surface area contributed by atoms with Gasteiger partial charge in [0, 0.05) is 25.2 Å². The molecule has 23 heavy (non-hydrogen) atoms. The third kappa shape index (κ3) is 3.82. The molecule has 1 amide bonds. The normalized spacial score (nSPS) is 19.2. The Morgan fingerprint density at radius 3 is 3.17 bits per heavy atom. The number of carbonyl (C=O) groups is 1. The molecule has 1 unspecified atom stereocenters. The summed E-state index contributed by atoms with van der Waals surface area (Å²) in [7, 11) is 0. The zero-order chi connectivity index (χ0) is 16.2. The van der Waals surface area contributed by atoms with Crippen LogP contribution >= 0.6 is 0 Å². The van der Waals surface area contributed by atoms with E-state index in [9.17, 15) is 4.79 Å². The molecule has 3 rings (SSSR count). The molecule has 2 aromatic rings. The van der Waals surface area contributed by atoms with Crippen LogP contribution in [0, 0.1) is 5.92 Å². The Morgan fingerprint density at radius 1 is 1.57 bits per heavy atom. The molecule has 2 aromatic heterocycles. The minimum atomic E-state index is -0.138. The van der Waals surface area contributed by atoms with E-state index < -0.39 is 0 Å². The SMILES string of the molecule is CC(C)N1CCCC(CNC(=O)c2cc(-c3ccco3)[nH]n2)C1. The van der Waals surface area contributed by atoms with Gasteiger partial charge in [-0.1, -0.05) is 0 Å². The molecule has 0 aromatic carbocycles. The molecule has 6 heteroatoms. The van der Waals surface area contributed by atoms with Gasteiger partial charge in [0.15, 0.2) is 11.5 Å². The first-order valence-electron chi connectivity index (χ1n) is 8.25. The van der Waals surface area contributed by atoms with E-state index in [0.29, 0.717) is 35.7 Å². The Morgan fingerprint density at radius 2 is 2.43 bits per heavy atom. The van der Waals surface area contributed by atoms with E-state index in [1.165, 1.54) is 12.8 Å². The van der Waals surface area contributed by atoms with Crippen molar-refractivity contribution >= 4 is 5.91 Å². The molecule has 6 nitrogen and oxygen atoms in total. The van der Waals surface area contributed by atoms with E-state index in [1.54, 1.807) is 18.4 Å². The molecule has 2 N–H and O–H groups in total. The predicted octanol–water partition coefficient (Wildman–Crippen LogP) is 2.52. The summed E-state index contributed by atoms with van der Waals surface area (Å²) in [5, 5.41) is 9.92. The first-order valence-corrected chi connectivity index (χ1v) is 8.25. The van der Waals surface area contributed by atoms with Gasteiger partial charge in [0.1, 0.15) is 5.69 Å². The number of nitrogens with zero attached hydrogens (tertiary/aromatic N) is 2. The highest BCUT2D eigenvalue weighted by Crippen LogP contribution is 2.19. The molecule has 0 aliphatic carbocycles. The number of hydrogen-bond donors (Lipinski definition) is 2. The lowest BCUT2D eigenvalue weighted by molar-refractivity contribution is 0.0918. The third-order valence-corrected chi connectivity index (χ3v) is 4.43. The molecule has 1 fully saturated rings. The molecular weight excluding hydrogens is 292 g/mol. The van der Waals surface area contributed by atoms with Gasteiger partial charge in [0.2, 0.25) is 0 Å². The molecule has 0 bridgehead atoms. The number of furan rings is 1. The Hall–Kier alpha value is -2.08. The average molecular weight is 316 g/mol. The van der Waals surface area contributed by atoms with Crippen LogP contribution in [-0.4, -0.2) is 46.7 Å². The zero-order valence-corrected chi connectivity index (χ0v) is 13.7. The van der Waals surface area contributed by atoms with E-state index >= 15 is 0 Å². The zero-order valence-electron chi connectivity index (χ0n) is 13.7. The first-order chi connectivity index (χ1) is 11.1. The monoisotopic (exact) mass is 316 g/mol. The molecule has 0 spiro atoms. The van der Waals surface area contributed by atoms with Gasteiger partial charge in [0.05, 0.1) is 6.26 Å². The number of H-pyrrole nitrogens is 1. The number of nitrogens with one attached hydrogen (secondary N) is 2. The Kier molecular flexibility index (Phi) is 4.81. The largest absolute Gasteiger partial charge is 0.463 e. The molecular formula is C17H24N4O2. The predicted molar refractivity (Wildman–Crippen MR) is 88.1 cm³/mol. The lowest BCUT2D eigenvalue weighted by atomic mass is 9.97. The van der Waals surface area contributed by atoms with Crippen molar-refractivity contribution in [2.45, 2.75) is 32.7 Å². The fraction of sp³-hybridized carbons (Fsp3) is 0.529. The maximum Gasteiger partial charge on any atom is 0.271 e. The summed E-state index contributed by atoms with van der Waals surface area (Å²) in [6.07, 6.45) is 3.96. The minimum Gasteiger partial charge on any atom is -0.463 e. The number of rotatable bonds is 5. The smallest absolute Gasteiger partial charge is 0.271 e. The van der Waals surface area contributed by atoms with Crippen molar-refractivity contribution in [3.8, 4) is 11.5 Å². The summed E-state index contributed by atoms with van der Waals surface area (Å²) < 4.78 is 5.29. The van der Waals surface area contributed by atoms with Crippen molar-refractivity contribution in [3.05, 3.63) is 30.2 Å². The highest BCUT2D eigenvalue weighted by atomic mass is 16.3. The van der Waals surface area contributed by atoms with E-state index in [2.05, 4.69) is 34.3 Å². The third-order valence-electron chi connectivity index (χ3n) is 4.43. The minimum absolute atomic E-state index is 0.138. The Bertz CT molecular complexity index is 633. The average Bonchev–Trinajstić information content (AvgIpc) is 3.23. The van der Waals surface area contributed by atoms with Gasteiger partial charge in [-0.15, -0.1) is 0 Å². The number of likely N-dealkylation sites (tertiary alicyclic amines) is 1. The number of piperidine rings is 1. The maximum absolute atomic E-state index is 12.2. The molecule has 0 saturated carbocycles. The number of hydrogen-bond acceptors (Lipinski definition) is 4. The highest BCUT2D eigenvalue weighted by molar-refractivity contribution is 5.93. The molecule has 1 atom stereocenters. The quantitative estimate of drug-likeness (QED) is 0.889. The van der Waals surface area contributed by atoms with Crippen molar-refractivity contribution in [2.24, 2.45) is 5.92 Å². The Balaban J connectivity index is 1.53. The fourth-order valence-electron chi connectivity index (χ4n) is 3.06. The van der Waals surface area contributed by atoms with Gasteiger partial charge in [-0.2, -0.15) is 5.10 Å². The van der Waals surface area contributed by atoms with Gasteiger partial charge >= 0.3 is 0 Å². The maximum atomic E-state index is 12.2. The summed E-state index contributed by atoms with van der Waals surface area (Å²) in [5.41, 5.74) is 1.11. The molecule has 124 valence electrons. The van der Waals surface area contributed by atoms with Crippen molar-refractivity contribution in [3.63, 3.8) is 0 Å². The standard InChI is InChI=1S/C17H24N4O2/c1-12(2)21-7-3-5-13(11-21)10-18-17(22)15-9-14(19-20-15)16-6-4-8-23-16/h4,6,8-9,12-13H,3,5,7,10-11H2,1-2H3,(H,18,22)(H,19,20). The van der Waals surface area contributed by atoms with Crippen molar-refractivity contribution in [2.75, 3.05) is 19.6 Å². The molecule has 1 saturated heterocycles. The van der Waals surface area contributed by atoms with E-state index in [1.807, 2.05) is 6.07 Å². The molecule has 3 heterocycles. The van der Waals surface area contributed by atoms with Gasteiger partial charge in [-0.3, -0.25) is 9.89 Å². The summed E-state index contributed by atoms with van der Waals surface area (Å²) >= 11 is 0. The van der Waals surface area contributed by atoms with Crippen molar-refractivity contribution < 1.29 is 9.21 Å². The highest BCUT2D eigenvalue weighted by Gasteiger charge is 2.22. The van der Waals surface area contributed by atoms with Gasteiger partial charge in [-0.25, -0.2) is 0 Å².